The van der Waals surface area contributed by atoms with Crippen LogP contribution in [0.15, 0.2) is 35.7 Å². The van der Waals surface area contributed by atoms with Gasteiger partial charge in [-0.05, 0) is 24.5 Å². The summed E-state index contributed by atoms with van der Waals surface area (Å²) in [7, 11) is 0. The first-order chi connectivity index (χ1) is 5.70. The van der Waals surface area contributed by atoms with E-state index in [9.17, 15) is 4.39 Å². The van der Waals surface area contributed by atoms with Crippen LogP contribution in [-0.2, 0) is 0 Å². The van der Waals surface area contributed by atoms with Crippen LogP contribution in [0.1, 0.15) is 26.7 Å². The van der Waals surface area contributed by atoms with E-state index in [1.165, 1.54) is 0 Å². The Hall–Kier alpha value is -0.850. The Labute approximate surface area is 73.5 Å². The minimum Gasteiger partial charge on any atom is -0.212 e. The first-order valence-corrected chi connectivity index (χ1v) is 4.44. The fraction of sp³-hybridized carbons (Fsp3) is 0.455. The maximum atomic E-state index is 13.1. The van der Waals surface area contributed by atoms with Crippen LogP contribution >= 0.6 is 0 Å². The van der Waals surface area contributed by atoms with Crippen LogP contribution in [0.25, 0.3) is 0 Å². The van der Waals surface area contributed by atoms with Crippen LogP contribution in [0, 0.1) is 5.92 Å². The molecule has 1 aliphatic rings. The average molecular weight is 166 g/mol. The normalized spacial score (nSPS) is 18.3. The summed E-state index contributed by atoms with van der Waals surface area (Å²) in [5.74, 6) is -0.0333. The molecule has 1 aliphatic carbocycles. The summed E-state index contributed by atoms with van der Waals surface area (Å²) in [5.41, 5.74) is 1.01. The lowest BCUT2D eigenvalue weighted by Gasteiger charge is -2.04. The van der Waals surface area contributed by atoms with Gasteiger partial charge >= 0.3 is 0 Å². The molecule has 0 saturated carbocycles. The molecule has 0 aromatic heterocycles. The van der Waals surface area contributed by atoms with E-state index in [1.807, 2.05) is 19.9 Å². The Kier molecular flexibility index (Phi) is 3.27. The predicted octanol–water partition coefficient (Wildman–Crippen LogP) is 3.77. The second kappa shape index (κ2) is 4.24. The highest BCUT2D eigenvalue weighted by molar-refractivity contribution is 5.34. The van der Waals surface area contributed by atoms with E-state index < -0.39 is 0 Å². The van der Waals surface area contributed by atoms with Gasteiger partial charge in [0, 0.05) is 5.92 Å². The summed E-state index contributed by atoms with van der Waals surface area (Å²) < 4.78 is 13.1. The number of halogens is 1. The van der Waals surface area contributed by atoms with E-state index in [1.54, 1.807) is 6.08 Å². The van der Waals surface area contributed by atoms with E-state index in [0.717, 1.165) is 18.4 Å². The second-order valence-electron chi connectivity index (χ2n) is 3.37. The highest BCUT2D eigenvalue weighted by Gasteiger charge is 2.02. The lowest BCUT2D eigenvalue weighted by Crippen LogP contribution is -1.89. The standard InChI is InChI=1S/C11H15F/c1-9(2)11(12)8-10-6-4-3-5-7-10/h4,6-9H,3,5H2,1-2H3/b11-8-. The first kappa shape index (κ1) is 9.24. The molecule has 0 N–H and O–H groups in total. The lowest BCUT2D eigenvalue weighted by molar-refractivity contribution is 0.519. The van der Waals surface area contributed by atoms with Gasteiger partial charge in [0.2, 0.25) is 0 Å². The molecule has 1 rings (SSSR count). The van der Waals surface area contributed by atoms with Crippen molar-refractivity contribution in [2.24, 2.45) is 5.92 Å². The summed E-state index contributed by atoms with van der Waals surface area (Å²) in [5, 5.41) is 0. The van der Waals surface area contributed by atoms with Gasteiger partial charge in [-0.2, -0.15) is 0 Å². The molecule has 0 aromatic carbocycles. The molecule has 12 heavy (non-hydrogen) atoms. The van der Waals surface area contributed by atoms with Crippen molar-refractivity contribution in [3.63, 3.8) is 0 Å². The quantitative estimate of drug-likeness (QED) is 0.585. The van der Waals surface area contributed by atoms with E-state index in [2.05, 4.69) is 12.2 Å². The van der Waals surface area contributed by atoms with Gasteiger partial charge in [0.1, 0.15) is 5.83 Å². The van der Waals surface area contributed by atoms with Crippen LogP contribution in [0.5, 0.6) is 0 Å². The highest BCUT2D eigenvalue weighted by Crippen LogP contribution is 2.17. The Morgan fingerprint density at radius 1 is 1.50 bits per heavy atom. The van der Waals surface area contributed by atoms with Gasteiger partial charge in [-0.3, -0.25) is 0 Å². The van der Waals surface area contributed by atoms with Gasteiger partial charge in [-0.15, -0.1) is 0 Å². The third-order valence-corrected chi connectivity index (χ3v) is 1.88. The number of allylic oxidation sites excluding steroid dienone is 6. The van der Waals surface area contributed by atoms with Gasteiger partial charge in [-0.1, -0.05) is 32.1 Å². The minimum atomic E-state index is -0.0344. The second-order valence-corrected chi connectivity index (χ2v) is 3.37. The molecule has 0 amide bonds. The lowest BCUT2D eigenvalue weighted by atomic mass is 10.0. The molecule has 0 bridgehead atoms. The molecular formula is C11H15F. The monoisotopic (exact) mass is 166 g/mol. The molecule has 66 valence electrons. The SMILES string of the molecule is CC(C)/C(F)=C/C1=CCCC=C1. The Balaban J connectivity index is 2.66. The first-order valence-electron chi connectivity index (χ1n) is 4.44. The Morgan fingerprint density at radius 2 is 2.25 bits per heavy atom. The predicted molar refractivity (Wildman–Crippen MR) is 50.5 cm³/mol. The molecule has 0 radical (unpaired) electrons. The molecule has 1 heteroatoms. The summed E-state index contributed by atoms with van der Waals surface area (Å²) in [6.45, 7) is 3.72. The van der Waals surface area contributed by atoms with E-state index in [-0.39, 0.29) is 11.7 Å². The van der Waals surface area contributed by atoms with E-state index in [0.29, 0.717) is 0 Å². The molecule has 0 fully saturated rings. The third kappa shape index (κ3) is 2.65. The molecule has 0 aromatic rings. The van der Waals surface area contributed by atoms with Crippen LogP contribution in [0.3, 0.4) is 0 Å². The van der Waals surface area contributed by atoms with Gasteiger partial charge in [0.05, 0.1) is 0 Å². The zero-order valence-corrected chi connectivity index (χ0v) is 7.68. The molecule has 0 nitrogen and oxygen atoms in total. The van der Waals surface area contributed by atoms with Crippen LogP contribution in [0.2, 0.25) is 0 Å². The van der Waals surface area contributed by atoms with E-state index in [4.69, 9.17) is 0 Å². The Morgan fingerprint density at radius 3 is 2.75 bits per heavy atom. The molecule has 0 atom stereocenters. The maximum absolute atomic E-state index is 13.1. The fourth-order valence-electron chi connectivity index (χ4n) is 1.07. The molecule has 0 unspecified atom stereocenters. The van der Waals surface area contributed by atoms with E-state index >= 15 is 0 Å². The smallest absolute Gasteiger partial charge is 0.103 e. The number of hydrogen-bond acceptors (Lipinski definition) is 0. The molecule has 0 aliphatic heterocycles. The summed E-state index contributed by atoms with van der Waals surface area (Å²) in [6.07, 6.45) is 9.88. The van der Waals surface area contributed by atoms with Gasteiger partial charge in [0.25, 0.3) is 0 Å². The molecule has 0 heterocycles. The molecule has 0 saturated heterocycles. The van der Waals surface area contributed by atoms with Crippen molar-refractivity contribution in [2.75, 3.05) is 0 Å². The topological polar surface area (TPSA) is 0 Å². The van der Waals surface area contributed by atoms with Crippen molar-refractivity contribution >= 4 is 0 Å². The van der Waals surface area contributed by atoms with Crippen molar-refractivity contribution in [3.05, 3.63) is 35.7 Å². The molecular weight excluding hydrogens is 151 g/mol. The van der Waals surface area contributed by atoms with Crippen molar-refractivity contribution < 1.29 is 4.39 Å². The fourth-order valence-corrected chi connectivity index (χ4v) is 1.07. The van der Waals surface area contributed by atoms with Gasteiger partial charge in [0.15, 0.2) is 0 Å². The summed E-state index contributed by atoms with van der Waals surface area (Å²) in [6, 6.07) is 0. The zero-order chi connectivity index (χ0) is 8.97. The van der Waals surface area contributed by atoms with Gasteiger partial charge in [-0.25, -0.2) is 4.39 Å². The maximum Gasteiger partial charge on any atom is 0.103 e. The van der Waals surface area contributed by atoms with Crippen molar-refractivity contribution in [1.29, 1.82) is 0 Å². The van der Waals surface area contributed by atoms with Crippen LogP contribution < -0.4 is 0 Å². The number of rotatable bonds is 2. The number of hydrogen-bond donors (Lipinski definition) is 0. The minimum absolute atomic E-state index is 0.00114. The van der Waals surface area contributed by atoms with Crippen molar-refractivity contribution in [1.82, 2.24) is 0 Å². The van der Waals surface area contributed by atoms with Crippen molar-refractivity contribution in [3.8, 4) is 0 Å². The Bertz CT molecular complexity index is 231. The van der Waals surface area contributed by atoms with Crippen LogP contribution in [0.4, 0.5) is 4.39 Å². The van der Waals surface area contributed by atoms with Crippen LogP contribution in [-0.4, -0.2) is 0 Å². The summed E-state index contributed by atoms with van der Waals surface area (Å²) >= 11 is 0. The highest BCUT2D eigenvalue weighted by atomic mass is 19.1. The average Bonchev–Trinajstić information content (AvgIpc) is 2.06. The van der Waals surface area contributed by atoms with Crippen molar-refractivity contribution in [2.45, 2.75) is 26.7 Å². The van der Waals surface area contributed by atoms with Gasteiger partial charge < -0.3 is 0 Å². The largest absolute Gasteiger partial charge is 0.212 e. The molecule has 0 spiro atoms. The summed E-state index contributed by atoms with van der Waals surface area (Å²) in [4.78, 5) is 0. The zero-order valence-electron chi connectivity index (χ0n) is 7.68. The third-order valence-electron chi connectivity index (χ3n) is 1.88.